The van der Waals surface area contributed by atoms with Gasteiger partial charge in [0.05, 0.1) is 12.9 Å². The molecule has 4 N–H and O–H groups in total. The number of H-pyrrole nitrogens is 1. The van der Waals surface area contributed by atoms with E-state index >= 15 is 0 Å². The molecule has 17 heavy (non-hydrogen) atoms. The first-order valence-electron chi connectivity index (χ1n) is 5.40. The molecule has 2 heterocycles. The zero-order chi connectivity index (χ0) is 12.3. The fourth-order valence-corrected chi connectivity index (χ4v) is 1.59. The molecule has 1 atom stereocenters. The molecule has 1 unspecified atom stereocenters. The second-order valence-corrected chi connectivity index (χ2v) is 3.97. The summed E-state index contributed by atoms with van der Waals surface area (Å²) in [5.41, 5.74) is 6.94. The summed E-state index contributed by atoms with van der Waals surface area (Å²) in [6, 6.07) is 0. The van der Waals surface area contributed by atoms with Crippen LogP contribution in [0.2, 0.25) is 0 Å². The fourth-order valence-electron chi connectivity index (χ4n) is 1.59. The molecule has 0 radical (unpaired) electrons. The highest BCUT2D eigenvalue weighted by Gasteiger charge is 2.09. The fraction of sp³-hybridized carbons (Fsp3) is 0.500. The van der Waals surface area contributed by atoms with Crippen molar-refractivity contribution < 1.29 is 4.74 Å². The van der Waals surface area contributed by atoms with Crippen LogP contribution in [0.5, 0.6) is 0 Å². The number of imidazole rings is 1. The molecular weight excluding hydrogens is 220 g/mol. The number of aromatic nitrogens is 4. The standard InChI is InChI=1S/C10H16N6O/c1-6(4-17-2)3-12-8-7-9(14-5-13-7)16-10(11)15-8/h5-6H,3-4H2,1-2H3,(H4,11,12,13,14,15,16). The normalized spacial score (nSPS) is 12.8. The molecule has 0 bridgehead atoms. The maximum Gasteiger partial charge on any atom is 0.224 e. The van der Waals surface area contributed by atoms with Gasteiger partial charge in [-0.05, 0) is 5.92 Å². The molecule has 0 fully saturated rings. The van der Waals surface area contributed by atoms with Gasteiger partial charge in [0.1, 0.15) is 5.52 Å². The van der Waals surface area contributed by atoms with Crippen LogP contribution in [0.25, 0.3) is 11.2 Å². The van der Waals surface area contributed by atoms with Gasteiger partial charge in [0.25, 0.3) is 0 Å². The monoisotopic (exact) mass is 236 g/mol. The van der Waals surface area contributed by atoms with E-state index in [-0.39, 0.29) is 5.95 Å². The van der Waals surface area contributed by atoms with Crippen molar-refractivity contribution in [1.29, 1.82) is 0 Å². The molecule has 0 saturated carbocycles. The van der Waals surface area contributed by atoms with E-state index in [1.54, 1.807) is 13.4 Å². The number of nitrogen functional groups attached to an aromatic ring is 1. The number of methoxy groups -OCH3 is 1. The Hall–Kier alpha value is -1.89. The van der Waals surface area contributed by atoms with Crippen LogP contribution in [0.4, 0.5) is 11.8 Å². The summed E-state index contributed by atoms with van der Waals surface area (Å²) in [5, 5.41) is 3.22. The van der Waals surface area contributed by atoms with Crippen LogP contribution >= 0.6 is 0 Å². The number of nitrogens with two attached hydrogens (primary N) is 1. The number of ether oxygens (including phenoxy) is 1. The minimum atomic E-state index is 0.214. The van der Waals surface area contributed by atoms with E-state index in [0.29, 0.717) is 24.0 Å². The summed E-state index contributed by atoms with van der Waals surface area (Å²) in [5.74, 6) is 1.27. The number of nitrogens with zero attached hydrogens (tertiary/aromatic N) is 3. The van der Waals surface area contributed by atoms with Crippen molar-refractivity contribution in [2.24, 2.45) is 5.92 Å². The second kappa shape index (κ2) is 4.96. The molecule has 0 aliphatic heterocycles. The van der Waals surface area contributed by atoms with Gasteiger partial charge >= 0.3 is 0 Å². The van der Waals surface area contributed by atoms with Gasteiger partial charge < -0.3 is 20.8 Å². The van der Waals surface area contributed by atoms with Crippen molar-refractivity contribution in [2.45, 2.75) is 6.92 Å². The molecule has 2 aromatic heterocycles. The summed E-state index contributed by atoms with van der Waals surface area (Å²) >= 11 is 0. The Morgan fingerprint density at radius 3 is 3.12 bits per heavy atom. The van der Waals surface area contributed by atoms with Crippen LogP contribution < -0.4 is 11.1 Å². The average Bonchev–Trinajstić information content (AvgIpc) is 2.74. The molecule has 0 saturated heterocycles. The number of anilines is 2. The number of hydrogen-bond donors (Lipinski definition) is 3. The first-order chi connectivity index (χ1) is 8.20. The molecule has 0 aliphatic carbocycles. The van der Waals surface area contributed by atoms with Crippen molar-refractivity contribution in [1.82, 2.24) is 19.9 Å². The van der Waals surface area contributed by atoms with E-state index in [1.165, 1.54) is 0 Å². The Labute approximate surface area is 98.8 Å². The SMILES string of the molecule is COCC(C)CNc1nc(N)nc2nc[nH]c12. The number of fused-ring (bicyclic) bond motifs is 1. The number of hydrogen-bond acceptors (Lipinski definition) is 6. The van der Waals surface area contributed by atoms with Crippen LogP contribution in [0.3, 0.4) is 0 Å². The minimum absolute atomic E-state index is 0.214. The van der Waals surface area contributed by atoms with Gasteiger partial charge in [0.2, 0.25) is 5.95 Å². The topological polar surface area (TPSA) is 102 Å². The van der Waals surface area contributed by atoms with Crippen molar-refractivity contribution in [2.75, 3.05) is 31.3 Å². The largest absolute Gasteiger partial charge is 0.384 e. The maximum absolute atomic E-state index is 5.61. The highest BCUT2D eigenvalue weighted by atomic mass is 16.5. The first-order valence-corrected chi connectivity index (χ1v) is 5.40. The van der Waals surface area contributed by atoms with Gasteiger partial charge in [-0.25, -0.2) is 4.98 Å². The van der Waals surface area contributed by atoms with Crippen molar-refractivity contribution >= 4 is 22.9 Å². The molecule has 7 nitrogen and oxygen atoms in total. The first kappa shape index (κ1) is 11.6. The molecule has 7 heteroatoms. The van der Waals surface area contributed by atoms with E-state index < -0.39 is 0 Å². The van der Waals surface area contributed by atoms with Gasteiger partial charge in [0, 0.05) is 13.7 Å². The van der Waals surface area contributed by atoms with Gasteiger partial charge in [0.15, 0.2) is 11.5 Å². The van der Waals surface area contributed by atoms with E-state index in [0.717, 1.165) is 12.1 Å². The van der Waals surface area contributed by atoms with Gasteiger partial charge in [-0.1, -0.05) is 6.92 Å². The summed E-state index contributed by atoms with van der Waals surface area (Å²) in [7, 11) is 1.69. The zero-order valence-electron chi connectivity index (χ0n) is 9.90. The quantitative estimate of drug-likeness (QED) is 0.703. The molecule has 92 valence electrons. The van der Waals surface area contributed by atoms with Gasteiger partial charge in [-0.2, -0.15) is 9.97 Å². The molecule has 0 aromatic carbocycles. The van der Waals surface area contributed by atoms with Crippen LogP contribution in [-0.2, 0) is 4.74 Å². The number of rotatable bonds is 5. The summed E-state index contributed by atoms with van der Waals surface area (Å²) < 4.78 is 5.07. The lowest BCUT2D eigenvalue weighted by atomic mass is 10.2. The predicted octanol–water partition coefficient (Wildman–Crippen LogP) is 0.629. The highest BCUT2D eigenvalue weighted by molar-refractivity contribution is 5.83. The van der Waals surface area contributed by atoms with Crippen molar-refractivity contribution in [3.05, 3.63) is 6.33 Å². The smallest absolute Gasteiger partial charge is 0.224 e. The lowest BCUT2D eigenvalue weighted by molar-refractivity contribution is 0.164. The summed E-state index contributed by atoms with van der Waals surface area (Å²) in [4.78, 5) is 15.2. The van der Waals surface area contributed by atoms with Gasteiger partial charge in [-0.3, -0.25) is 0 Å². The van der Waals surface area contributed by atoms with Crippen molar-refractivity contribution in [3.63, 3.8) is 0 Å². The summed E-state index contributed by atoms with van der Waals surface area (Å²) in [6.07, 6.45) is 1.57. The van der Waals surface area contributed by atoms with Crippen molar-refractivity contribution in [3.8, 4) is 0 Å². The minimum Gasteiger partial charge on any atom is -0.384 e. The molecular formula is C10H16N6O. The molecule has 0 spiro atoms. The molecule has 2 rings (SSSR count). The Balaban J connectivity index is 2.14. The third kappa shape index (κ3) is 2.62. The predicted molar refractivity (Wildman–Crippen MR) is 65.6 cm³/mol. The lowest BCUT2D eigenvalue weighted by Gasteiger charge is -2.12. The maximum atomic E-state index is 5.61. The number of nitrogens with one attached hydrogen (secondary N) is 2. The van der Waals surface area contributed by atoms with E-state index in [1.807, 2.05) is 0 Å². The Bertz CT molecular complexity index is 497. The summed E-state index contributed by atoms with van der Waals surface area (Å²) in [6.45, 7) is 3.53. The van der Waals surface area contributed by atoms with Gasteiger partial charge in [-0.15, -0.1) is 0 Å². The van der Waals surface area contributed by atoms with E-state index in [2.05, 4.69) is 32.2 Å². The van der Waals surface area contributed by atoms with Crippen LogP contribution in [0, 0.1) is 5.92 Å². The Morgan fingerprint density at radius 1 is 1.53 bits per heavy atom. The Morgan fingerprint density at radius 2 is 2.35 bits per heavy atom. The molecule has 0 aliphatic rings. The average molecular weight is 236 g/mol. The molecule has 0 amide bonds. The van der Waals surface area contributed by atoms with E-state index in [9.17, 15) is 0 Å². The van der Waals surface area contributed by atoms with E-state index in [4.69, 9.17) is 10.5 Å². The van der Waals surface area contributed by atoms with Crippen LogP contribution in [0.15, 0.2) is 6.33 Å². The van der Waals surface area contributed by atoms with Crippen LogP contribution in [-0.4, -0.2) is 40.2 Å². The number of aromatic amines is 1. The van der Waals surface area contributed by atoms with Crippen LogP contribution in [0.1, 0.15) is 6.92 Å². The zero-order valence-corrected chi connectivity index (χ0v) is 9.90. The third-order valence-electron chi connectivity index (χ3n) is 2.37. The second-order valence-electron chi connectivity index (χ2n) is 3.97. The lowest BCUT2D eigenvalue weighted by Crippen LogP contribution is -2.17. The Kier molecular flexibility index (Phi) is 3.38. The highest BCUT2D eigenvalue weighted by Crippen LogP contribution is 2.17. The third-order valence-corrected chi connectivity index (χ3v) is 2.37. The molecule has 2 aromatic rings.